The molecule has 0 unspecified atom stereocenters. The van der Waals surface area contributed by atoms with Gasteiger partial charge in [0.25, 0.3) is 5.91 Å². The van der Waals surface area contributed by atoms with Gasteiger partial charge in [0, 0.05) is 12.0 Å². The van der Waals surface area contributed by atoms with E-state index in [9.17, 15) is 18.0 Å². The topological polar surface area (TPSA) is 83.6 Å². The maximum absolute atomic E-state index is 12.3. The van der Waals surface area contributed by atoms with Gasteiger partial charge in [0.2, 0.25) is 15.9 Å². The Morgan fingerprint density at radius 2 is 1.72 bits per heavy atom. The number of carbonyl (C=O) groups excluding carboxylic acids is 2. The number of hydrogen-bond acceptors (Lipinski definition) is 4. The Morgan fingerprint density at radius 3 is 2.28 bits per heavy atom. The molecule has 3 rings (SSSR count). The lowest BCUT2D eigenvalue weighted by Gasteiger charge is -2.16. The van der Waals surface area contributed by atoms with Crippen LogP contribution < -0.4 is 9.62 Å². The van der Waals surface area contributed by atoms with Crippen LogP contribution in [-0.4, -0.2) is 26.0 Å². The molecule has 0 aliphatic carbocycles. The molecule has 1 fully saturated rings. The van der Waals surface area contributed by atoms with Gasteiger partial charge < -0.3 is 5.32 Å². The summed E-state index contributed by atoms with van der Waals surface area (Å²) >= 11 is 0. The molecule has 7 heteroatoms. The van der Waals surface area contributed by atoms with Crippen LogP contribution in [0.3, 0.4) is 0 Å². The molecule has 0 bridgehead atoms. The summed E-state index contributed by atoms with van der Waals surface area (Å²) in [7, 11) is -3.59. The van der Waals surface area contributed by atoms with Crippen LogP contribution in [0.4, 0.5) is 5.69 Å². The first kappa shape index (κ1) is 17.2. The third-order valence-electron chi connectivity index (χ3n) is 4.09. The molecular weight excluding hydrogens is 340 g/mol. The molecule has 0 spiro atoms. The Bertz CT molecular complexity index is 892. The normalized spacial score (nSPS) is 17.3. The molecule has 0 saturated carbocycles. The number of nitrogens with zero attached hydrogens (tertiary/aromatic N) is 1. The maximum Gasteiger partial charge on any atom is 0.251 e. The van der Waals surface area contributed by atoms with Gasteiger partial charge in [-0.2, -0.15) is 0 Å². The minimum Gasteiger partial charge on any atom is -0.346 e. The Hall–Kier alpha value is -2.67. The lowest BCUT2D eigenvalue weighted by molar-refractivity contribution is -0.116. The van der Waals surface area contributed by atoms with Crippen molar-refractivity contribution >= 4 is 27.5 Å². The number of amides is 2. The average Bonchev–Trinajstić information content (AvgIpc) is 2.88. The zero-order chi connectivity index (χ0) is 18.0. The fourth-order valence-corrected chi connectivity index (χ4v) is 4.18. The second-order valence-corrected chi connectivity index (χ2v) is 7.81. The van der Waals surface area contributed by atoms with Crippen LogP contribution in [0.2, 0.25) is 0 Å². The molecule has 1 aliphatic rings. The number of sulfonamides is 1. The summed E-state index contributed by atoms with van der Waals surface area (Å²) in [5.74, 6) is -0.892. The molecule has 130 valence electrons. The van der Waals surface area contributed by atoms with E-state index in [1.54, 1.807) is 0 Å². The molecule has 2 aromatic rings. The summed E-state index contributed by atoms with van der Waals surface area (Å²) in [6, 6.07) is 15.4. The van der Waals surface area contributed by atoms with E-state index in [2.05, 4.69) is 5.32 Å². The highest BCUT2D eigenvalue weighted by molar-refractivity contribution is 7.94. The zero-order valence-electron chi connectivity index (χ0n) is 13.7. The van der Waals surface area contributed by atoms with Gasteiger partial charge >= 0.3 is 0 Å². The van der Waals surface area contributed by atoms with Crippen molar-refractivity contribution in [2.24, 2.45) is 0 Å². The molecule has 2 amide bonds. The summed E-state index contributed by atoms with van der Waals surface area (Å²) in [5, 5.41) is 2.89. The smallest absolute Gasteiger partial charge is 0.251 e. The SMILES string of the molecule is C[C@@H](NC(=O)c1ccc(N2C(=O)CCS2(=O)=O)cc1)c1ccccc1. The highest BCUT2D eigenvalue weighted by Crippen LogP contribution is 2.25. The molecule has 1 aliphatic heterocycles. The predicted octanol–water partition coefficient (Wildman–Crippen LogP) is 2.24. The number of benzene rings is 2. The van der Waals surface area contributed by atoms with Gasteiger partial charge in [-0.1, -0.05) is 30.3 Å². The highest BCUT2D eigenvalue weighted by atomic mass is 32.2. The monoisotopic (exact) mass is 358 g/mol. The van der Waals surface area contributed by atoms with E-state index in [0.717, 1.165) is 9.87 Å². The molecule has 6 nitrogen and oxygen atoms in total. The van der Waals surface area contributed by atoms with Gasteiger partial charge in [0.15, 0.2) is 0 Å². The van der Waals surface area contributed by atoms with Gasteiger partial charge in [-0.25, -0.2) is 12.7 Å². The number of carbonyl (C=O) groups is 2. The summed E-state index contributed by atoms with van der Waals surface area (Å²) < 4.78 is 24.6. The number of hydrogen-bond donors (Lipinski definition) is 1. The fraction of sp³-hybridized carbons (Fsp3) is 0.222. The van der Waals surface area contributed by atoms with Crippen molar-refractivity contribution in [2.45, 2.75) is 19.4 Å². The minimum absolute atomic E-state index is 0.0147. The van der Waals surface area contributed by atoms with E-state index in [1.807, 2.05) is 37.3 Å². The predicted molar refractivity (Wildman–Crippen MR) is 94.7 cm³/mol. The Morgan fingerprint density at radius 1 is 1.08 bits per heavy atom. The van der Waals surface area contributed by atoms with Crippen molar-refractivity contribution in [3.05, 3.63) is 65.7 Å². The van der Waals surface area contributed by atoms with Gasteiger partial charge in [-0.3, -0.25) is 9.59 Å². The van der Waals surface area contributed by atoms with Gasteiger partial charge in [0.1, 0.15) is 0 Å². The van der Waals surface area contributed by atoms with Crippen LogP contribution in [0.1, 0.15) is 35.3 Å². The molecule has 25 heavy (non-hydrogen) atoms. The van der Waals surface area contributed by atoms with Gasteiger partial charge in [-0.15, -0.1) is 0 Å². The van der Waals surface area contributed by atoms with Crippen LogP contribution >= 0.6 is 0 Å². The van der Waals surface area contributed by atoms with Crippen molar-refractivity contribution in [3.8, 4) is 0 Å². The summed E-state index contributed by atoms with van der Waals surface area (Å²) in [4.78, 5) is 24.1. The fourth-order valence-electron chi connectivity index (χ4n) is 2.72. The third kappa shape index (κ3) is 3.56. The van der Waals surface area contributed by atoms with E-state index in [1.165, 1.54) is 24.3 Å². The number of rotatable bonds is 4. The summed E-state index contributed by atoms with van der Waals surface area (Å²) in [6.45, 7) is 1.89. The van der Waals surface area contributed by atoms with E-state index in [0.29, 0.717) is 5.56 Å². The van der Waals surface area contributed by atoms with Crippen molar-refractivity contribution < 1.29 is 18.0 Å². The minimum atomic E-state index is -3.59. The Labute approximate surface area is 146 Å². The number of nitrogens with one attached hydrogen (secondary N) is 1. The molecule has 1 N–H and O–H groups in total. The van der Waals surface area contributed by atoms with Crippen LogP contribution in [0.25, 0.3) is 0 Å². The molecule has 1 atom stereocenters. The molecule has 1 saturated heterocycles. The Balaban J connectivity index is 1.74. The first-order valence-electron chi connectivity index (χ1n) is 7.90. The molecular formula is C18H18N2O4S. The number of anilines is 1. The van der Waals surface area contributed by atoms with Crippen LogP contribution in [0.5, 0.6) is 0 Å². The van der Waals surface area contributed by atoms with Crippen molar-refractivity contribution in [2.75, 3.05) is 10.1 Å². The van der Waals surface area contributed by atoms with Crippen molar-refractivity contribution in [1.82, 2.24) is 5.32 Å². The van der Waals surface area contributed by atoms with E-state index in [4.69, 9.17) is 0 Å². The van der Waals surface area contributed by atoms with Crippen LogP contribution in [0.15, 0.2) is 54.6 Å². The summed E-state index contributed by atoms with van der Waals surface area (Å²) in [5.41, 5.74) is 1.65. The first-order valence-corrected chi connectivity index (χ1v) is 9.51. The van der Waals surface area contributed by atoms with E-state index in [-0.39, 0.29) is 29.8 Å². The van der Waals surface area contributed by atoms with Gasteiger partial charge in [-0.05, 0) is 36.8 Å². The van der Waals surface area contributed by atoms with Crippen LogP contribution in [0, 0.1) is 0 Å². The largest absolute Gasteiger partial charge is 0.346 e. The van der Waals surface area contributed by atoms with Crippen molar-refractivity contribution in [3.63, 3.8) is 0 Å². The van der Waals surface area contributed by atoms with Crippen LogP contribution in [-0.2, 0) is 14.8 Å². The maximum atomic E-state index is 12.3. The standard InChI is InChI=1S/C18H18N2O4S/c1-13(14-5-3-2-4-6-14)19-18(22)15-7-9-16(10-8-15)20-17(21)11-12-25(20,23)24/h2-10,13H,11-12H2,1H3,(H,19,22)/t13-/m1/s1. The molecule has 0 aromatic heterocycles. The quantitative estimate of drug-likeness (QED) is 0.908. The average molecular weight is 358 g/mol. The molecule has 2 aromatic carbocycles. The third-order valence-corrected chi connectivity index (χ3v) is 5.78. The zero-order valence-corrected chi connectivity index (χ0v) is 14.5. The molecule has 0 radical (unpaired) electrons. The first-order chi connectivity index (χ1) is 11.9. The lowest BCUT2D eigenvalue weighted by Crippen LogP contribution is -2.29. The Kier molecular flexibility index (Phi) is 4.59. The lowest BCUT2D eigenvalue weighted by atomic mass is 10.1. The van der Waals surface area contributed by atoms with E-state index < -0.39 is 15.9 Å². The second kappa shape index (κ2) is 6.68. The second-order valence-electron chi connectivity index (χ2n) is 5.88. The van der Waals surface area contributed by atoms with Gasteiger partial charge in [0.05, 0.1) is 17.5 Å². The van der Waals surface area contributed by atoms with E-state index >= 15 is 0 Å². The summed E-state index contributed by atoms with van der Waals surface area (Å²) in [6.07, 6.45) is -0.0147. The molecule has 1 heterocycles. The highest BCUT2D eigenvalue weighted by Gasteiger charge is 2.36. The van der Waals surface area contributed by atoms with Crippen molar-refractivity contribution in [1.29, 1.82) is 0 Å².